The second-order valence-corrected chi connectivity index (χ2v) is 4.98. The largest absolute Gasteiger partial charge is 0.480 e. The molecule has 1 amide bonds. The summed E-state index contributed by atoms with van der Waals surface area (Å²) in [6, 6.07) is 3.23. The zero-order chi connectivity index (χ0) is 13.3. The van der Waals surface area contributed by atoms with Crippen LogP contribution in [0.4, 0.5) is 4.39 Å². The van der Waals surface area contributed by atoms with E-state index in [0.29, 0.717) is 19.4 Å². The lowest BCUT2D eigenvalue weighted by Gasteiger charge is -2.21. The van der Waals surface area contributed by atoms with Gasteiger partial charge in [-0.05, 0) is 47.0 Å². The van der Waals surface area contributed by atoms with Crippen molar-refractivity contribution in [2.45, 2.75) is 18.9 Å². The normalized spacial score (nSPS) is 19.0. The van der Waals surface area contributed by atoms with Crippen LogP contribution in [0.25, 0.3) is 0 Å². The Morgan fingerprint density at radius 1 is 1.44 bits per heavy atom. The van der Waals surface area contributed by atoms with E-state index >= 15 is 0 Å². The molecule has 1 aromatic carbocycles. The van der Waals surface area contributed by atoms with Crippen LogP contribution in [0.1, 0.15) is 23.2 Å². The Bertz CT molecular complexity index is 506. The number of benzene rings is 1. The molecule has 96 valence electrons. The van der Waals surface area contributed by atoms with Crippen molar-refractivity contribution in [3.8, 4) is 0 Å². The maximum atomic E-state index is 13.3. The fourth-order valence-electron chi connectivity index (χ4n) is 2.06. The van der Waals surface area contributed by atoms with Gasteiger partial charge in [0.1, 0.15) is 11.9 Å². The Balaban J connectivity index is 2.25. The van der Waals surface area contributed by atoms with Gasteiger partial charge in [-0.1, -0.05) is 0 Å². The van der Waals surface area contributed by atoms with Gasteiger partial charge in [-0.25, -0.2) is 9.18 Å². The molecule has 0 radical (unpaired) electrons. The summed E-state index contributed by atoms with van der Waals surface area (Å²) in [7, 11) is 0. The molecule has 1 heterocycles. The molecular formula is C12H11BrFNO3. The van der Waals surface area contributed by atoms with E-state index in [0.717, 1.165) is 6.07 Å². The second-order valence-electron chi connectivity index (χ2n) is 4.12. The minimum Gasteiger partial charge on any atom is -0.480 e. The fourth-order valence-corrected chi connectivity index (χ4v) is 2.31. The summed E-state index contributed by atoms with van der Waals surface area (Å²) in [5.74, 6) is -1.99. The van der Waals surface area contributed by atoms with Gasteiger partial charge in [0.2, 0.25) is 0 Å². The van der Waals surface area contributed by atoms with E-state index in [-0.39, 0.29) is 10.0 Å². The van der Waals surface area contributed by atoms with Gasteiger partial charge in [-0.15, -0.1) is 0 Å². The predicted molar refractivity (Wildman–Crippen MR) is 65.8 cm³/mol. The van der Waals surface area contributed by atoms with Crippen LogP contribution in [0.5, 0.6) is 0 Å². The van der Waals surface area contributed by atoms with Crippen molar-refractivity contribution < 1.29 is 19.1 Å². The number of hydrogen-bond donors (Lipinski definition) is 1. The zero-order valence-corrected chi connectivity index (χ0v) is 11.0. The minimum atomic E-state index is -1.02. The third kappa shape index (κ3) is 2.38. The van der Waals surface area contributed by atoms with Gasteiger partial charge >= 0.3 is 5.97 Å². The number of nitrogens with zero attached hydrogens (tertiary/aromatic N) is 1. The number of rotatable bonds is 2. The molecule has 4 nitrogen and oxygen atoms in total. The molecule has 2 rings (SSSR count). The van der Waals surface area contributed by atoms with Crippen LogP contribution in [0.15, 0.2) is 22.7 Å². The third-order valence-corrected chi connectivity index (χ3v) is 3.61. The monoisotopic (exact) mass is 315 g/mol. The number of likely N-dealkylation sites (tertiary alicyclic amines) is 1. The van der Waals surface area contributed by atoms with Crippen LogP contribution in [0, 0.1) is 5.82 Å². The molecule has 1 atom stereocenters. The first-order valence-electron chi connectivity index (χ1n) is 5.49. The van der Waals surface area contributed by atoms with Gasteiger partial charge in [-0.2, -0.15) is 0 Å². The highest BCUT2D eigenvalue weighted by Gasteiger charge is 2.34. The summed E-state index contributed by atoms with van der Waals surface area (Å²) in [4.78, 5) is 24.4. The number of amides is 1. The van der Waals surface area contributed by atoms with Crippen molar-refractivity contribution in [3.63, 3.8) is 0 Å². The predicted octanol–water partition coefficient (Wildman–Crippen LogP) is 2.28. The molecule has 6 heteroatoms. The van der Waals surface area contributed by atoms with Gasteiger partial charge in [0.15, 0.2) is 0 Å². The van der Waals surface area contributed by atoms with Crippen LogP contribution >= 0.6 is 15.9 Å². The molecular weight excluding hydrogens is 305 g/mol. The minimum absolute atomic E-state index is 0.170. The molecule has 1 aliphatic heterocycles. The van der Waals surface area contributed by atoms with Crippen molar-refractivity contribution >= 4 is 27.8 Å². The Morgan fingerprint density at radius 3 is 2.78 bits per heavy atom. The first-order valence-corrected chi connectivity index (χ1v) is 6.29. The molecule has 0 saturated carbocycles. The highest BCUT2D eigenvalue weighted by Crippen LogP contribution is 2.22. The van der Waals surface area contributed by atoms with Gasteiger partial charge in [0.25, 0.3) is 5.91 Å². The van der Waals surface area contributed by atoms with Crippen molar-refractivity contribution in [1.29, 1.82) is 0 Å². The van der Waals surface area contributed by atoms with E-state index in [1.54, 1.807) is 0 Å². The van der Waals surface area contributed by atoms with E-state index in [4.69, 9.17) is 5.11 Å². The van der Waals surface area contributed by atoms with E-state index in [1.165, 1.54) is 17.0 Å². The van der Waals surface area contributed by atoms with Crippen LogP contribution < -0.4 is 0 Å². The quantitative estimate of drug-likeness (QED) is 0.911. The lowest BCUT2D eigenvalue weighted by atomic mass is 10.1. The van der Waals surface area contributed by atoms with E-state index in [2.05, 4.69) is 15.9 Å². The highest BCUT2D eigenvalue weighted by molar-refractivity contribution is 9.10. The Hall–Kier alpha value is -1.43. The molecule has 1 aromatic rings. The van der Waals surface area contributed by atoms with E-state index in [1.807, 2.05) is 0 Å². The number of carbonyl (C=O) groups is 2. The maximum absolute atomic E-state index is 13.3. The fraction of sp³-hybridized carbons (Fsp3) is 0.333. The molecule has 0 spiro atoms. The number of carboxylic acid groups (broad SMARTS) is 1. The molecule has 1 saturated heterocycles. The molecule has 1 N–H and O–H groups in total. The molecule has 18 heavy (non-hydrogen) atoms. The first kappa shape index (κ1) is 13.0. The smallest absolute Gasteiger partial charge is 0.326 e. The summed E-state index contributed by atoms with van der Waals surface area (Å²) in [5.41, 5.74) is 0.170. The zero-order valence-electron chi connectivity index (χ0n) is 9.40. The van der Waals surface area contributed by atoms with Gasteiger partial charge in [-0.3, -0.25) is 4.79 Å². The second kappa shape index (κ2) is 5.06. The van der Waals surface area contributed by atoms with Crippen LogP contribution in [0.2, 0.25) is 0 Å². The number of carbonyl (C=O) groups excluding carboxylic acids is 1. The van der Waals surface area contributed by atoms with Crippen LogP contribution in [0.3, 0.4) is 0 Å². The summed E-state index contributed by atoms with van der Waals surface area (Å²) >= 11 is 3.00. The average molecular weight is 316 g/mol. The Morgan fingerprint density at radius 2 is 2.17 bits per heavy atom. The topological polar surface area (TPSA) is 57.6 Å². The lowest BCUT2D eigenvalue weighted by molar-refractivity contribution is -0.141. The molecule has 1 aliphatic rings. The van der Waals surface area contributed by atoms with E-state index < -0.39 is 23.7 Å². The summed E-state index contributed by atoms with van der Waals surface area (Å²) < 4.78 is 13.6. The lowest BCUT2D eigenvalue weighted by Crippen LogP contribution is -2.40. The van der Waals surface area contributed by atoms with Crippen molar-refractivity contribution in [2.24, 2.45) is 0 Å². The Labute approximate surface area is 112 Å². The maximum Gasteiger partial charge on any atom is 0.326 e. The average Bonchev–Trinajstić information content (AvgIpc) is 2.81. The van der Waals surface area contributed by atoms with Crippen LogP contribution in [-0.4, -0.2) is 34.5 Å². The van der Waals surface area contributed by atoms with Crippen molar-refractivity contribution in [2.75, 3.05) is 6.54 Å². The SMILES string of the molecule is O=C(O)[C@H]1CCCN1C(=O)c1ccc(Br)c(F)c1. The number of carboxylic acids is 1. The van der Waals surface area contributed by atoms with Crippen LogP contribution in [-0.2, 0) is 4.79 Å². The van der Waals surface area contributed by atoms with Gasteiger partial charge < -0.3 is 10.0 Å². The molecule has 0 unspecified atom stereocenters. The number of aliphatic carboxylic acids is 1. The first-order chi connectivity index (χ1) is 8.50. The number of halogens is 2. The Kier molecular flexibility index (Phi) is 3.65. The number of hydrogen-bond acceptors (Lipinski definition) is 2. The highest BCUT2D eigenvalue weighted by atomic mass is 79.9. The summed E-state index contributed by atoms with van der Waals surface area (Å²) in [6.45, 7) is 0.396. The summed E-state index contributed by atoms with van der Waals surface area (Å²) in [5, 5.41) is 9.00. The third-order valence-electron chi connectivity index (χ3n) is 2.97. The van der Waals surface area contributed by atoms with E-state index in [9.17, 15) is 14.0 Å². The van der Waals surface area contributed by atoms with Crippen molar-refractivity contribution in [1.82, 2.24) is 4.90 Å². The van der Waals surface area contributed by atoms with Crippen molar-refractivity contribution in [3.05, 3.63) is 34.1 Å². The molecule has 0 bridgehead atoms. The molecule has 0 aromatic heterocycles. The molecule has 0 aliphatic carbocycles. The van der Waals surface area contributed by atoms with Gasteiger partial charge in [0.05, 0.1) is 4.47 Å². The summed E-state index contributed by atoms with van der Waals surface area (Å²) in [6.07, 6.45) is 1.10. The standard InChI is InChI=1S/C12H11BrFNO3/c13-8-4-3-7(6-9(8)14)11(16)15-5-1-2-10(15)12(17)18/h3-4,6,10H,1-2,5H2,(H,17,18)/t10-/m1/s1. The van der Waals surface area contributed by atoms with Gasteiger partial charge in [0, 0.05) is 12.1 Å². The molecule has 1 fully saturated rings.